The highest BCUT2D eigenvalue weighted by atomic mass is 19.2. The third-order valence-electron chi connectivity index (χ3n) is 4.20. The Labute approximate surface area is 168 Å². The maximum absolute atomic E-state index is 13.4. The van der Waals surface area contributed by atoms with Crippen LogP contribution in [0.2, 0.25) is 0 Å². The molecular formula is C18H17F3N6O3. The van der Waals surface area contributed by atoms with E-state index >= 15 is 0 Å². The van der Waals surface area contributed by atoms with E-state index < -0.39 is 41.1 Å². The average molecular weight is 422 g/mol. The van der Waals surface area contributed by atoms with Gasteiger partial charge in [0.15, 0.2) is 17.5 Å². The molecule has 2 heterocycles. The molecule has 3 rings (SSSR count). The van der Waals surface area contributed by atoms with E-state index in [4.69, 9.17) is 0 Å². The van der Waals surface area contributed by atoms with Gasteiger partial charge in [0.05, 0.1) is 5.69 Å². The van der Waals surface area contributed by atoms with E-state index in [0.717, 1.165) is 0 Å². The van der Waals surface area contributed by atoms with Crippen molar-refractivity contribution >= 4 is 29.5 Å². The minimum absolute atomic E-state index is 0.0196. The fourth-order valence-electron chi connectivity index (χ4n) is 2.77. The Kier molecular flexibility index (Phi) is 6.45. The lowest BCUT2D eigenvalue weighted by Crippen LogP contribution is -2.34. The molecule has 1 aliphatic rings. The Morgan fingerprint density at radius 1 is 1.10 bits per heavy atom. The van der Waals surface area contributed by atoms with E-state index in [1.165, 1.54) is 0 Å². The number of anilines is 2. The third-order valence-corrected chi connectivity index (χ3v) is 4.20. The minimum atomic E-state index is -1.70. The van der Waals surface area contributed by atoms with Crippen LogP contribution in [0.25, 0.3) is 0 Å². The summed E-state index contributed by atoms with van der Waals surface area (Å²) in [6, 6.07) is 0.807. The molecule has 12 heteroatoms. The number of rotatable bonds is 8. The largest absolute Gasteiger partial charge is 0.354 e. The second-order valence-electron chi connectivity index (χ2n) is 6.29. The van der Waals surface area contributed by atoms with Crippen molar-refractivity contribution in [3.05, 3.63) is 48.0 Å². The molecule has 1 fully saturated rings. The molecule has 0 unspecified atom stereocenters. The Bertz CT molecular complexity index is 936. The van der Waals surface area contributed by atoms with Crippen LogP contribution in [0.5, 0.6) is 0 Å². The van der Waals surface area contributed by atoms with Crippen LogP contribution in [-0.2, 0) is 9.59 Å². The lowest BCUT2D eigenvalue weighted by Gasteiger charge is -2.13. The molecule has 9 nitrogen and oxygen atoms in total. The quantitative estimate of drug-likeness (QED) is 0.336. The predicted molar refractivity (Wildman–Crippen MR) is 98.9 cm³/mol. The van der Waals surface area contributed by atoms with Crippen molar-refractivity contribution < 1.29 is 27.6 Å². The van der Waals surface area contributed by atoms with Crippen LogP contribution in [0.3, 0.4) is 0 Å². The monoisotopic (exact) mass is 422 g/mol. The standard InChI is InChI=1S/C18H17F3N6O3/c19-11-8-10(9-12(20)15(11)21)27-16(29)13(26-18(27)30)2-3-14(28)22-6-7-25-17-23-4-1-5-24-17/h1,4-5,8-9,13H,2-3,6-7H2,(H,22,28)(H,26,30)(H,23,24,25)/t13-/m1/s1. The van der Waals surface area contributed by atoms with Gasteiger partial charge in [0.1, 0.15) is 6.04 Å². The van der Waals surface area contributed by atoms with E-state index in [1.54, 1.807) is 18.5 Å². The fourth-order valence-corrected chi connectivity index (χ4v) is 2.77. The van der Waals surface area contributed by atoms with Crippen molar-refractivity contribution in [1.82, 2.24) is 20.6 Å². The molecule has 0 aliphatic carbocycles. The lowest BCUT2D eigenvalue weighted by molar-refractivity contribution is -0.121. The number of aromatic nitrogens is 2. The second-order valence-corrected chi connectivity index (χ2v) is 6.29. The van der Waals surface area contributed by atoms with Gasteiger partial charge in [-0.25, -0.2) is 32.8 Å². The molecule has 1 aliphatic heterocycles. The number of carbonyl (C=O) groups excluding carboxylic acids is 3. The normalized spacial score (nSPS) is 15.8. The molecule has 1 aromatic carbocycles. The van der Waals surface area contributed by atoms with Gasteiger partial charge in [0.25, 0.3) is 5.91 Å². The van der Waals surface area contributed by atoms with Crippen LogP contribution in [0, 0.1) is 17.5 Å². The summed E-state index contributed by atoms with van der Waals surface area (Å²) in [7, 11) is 0. The number of nitrogens with zero attached hydrogens (tertiary/aromatic N) is 3. The SMILES string of the molecule is O=C(CC[C@H]1NC(=O)N(c2cc(F)c(F)c(F)c2)C1=O)NCCNc1ncccn1. The molecular weight excluding hydrogens is 405 g/mol. The van der Waals surface area contributed by atoms with E-state index in [9.17, 15) is 27.6 Å². The Balaban J connectivity index is 1.47. The van der Waals surface area contributed by atoms with Gasteiger partial charge < -0.3 is 16.0 Å². The molecule has 0 radical (unpaired) electrons. The highest BCUT2D eigenvalue weighted by Gasteiger charge is 2.39. The zero-order chi connectivity index (χ0) is 21.7. The fraction of sp³-hybridized carbons (Fsp3) is 0.278. The minimum Gasteiger partial charge on any atom is -0.354 e. The summed E-state index contributed by atoms with van der Waals surface area (Å²) in [5.41, 5.74) is -0.435. The predicted octanol–water partition coefficient (Wildman–Crippen LogP) is 1.33. The van der Waals surface area contributed by atoms with Gasteiger partial charge in [-0.3, -0.25) is 9.59 Å². The zero-order valence-electron chi connectivity index (χ0n) is 15.5. The number of imide groups is 1. The van der Waals surface area contributed by atoms with E-state index in [-0.39, 0.29) is 25.3 Å². The number of halogens is 3. The van der Waals surface area contributed by atoms with Crippen LogP contribution in [-0.4, -0.2) is 46.9 Å². The van der Waals surface area contributed by atoms with Crippen LogP contribution < -0.4 is 20.9 Å². The van der Waals surface area contributed by atoms with Crippen molar-refractivity contribution in [2.75, 3.05) is 23.3 Å². The number of hydrogen-bond acceptors (Lipinski definition) is 6. The van der Waals surface area contributed by atoms with Crippen LogP contribution in [0.1, 0.15) is 12.8 Å². The van der Waals surface area contributed by atoms with E-state index in [2.05, 4.69) is 25.9 Å². The van der Waals surface area contributed by atoms with Gasteiger partial charge in [-0.1, -0.05) is 0 Å². The molecule has 30 heavy (non-hydrogen) atoms. The van der Waals surface area contributed by atoms with E-state index in [1.807, 2.05) is 0 Å². The van der Waals surface area contributed by atoms with Gasteiger partial charge >= 0.3 is 6.03 Å². The van der Waals surface area contributed by atoms with Gasteiger partial charge in [-0.05, 0) is 12.5 Å². The smallest absolute Gasteiger partial charge is 0.329 e. The topological polar surface area (TPSA) is 116 Å². The Morgan fingerprint density at radius 2 is 1.77 bits per heavy atom. The van der Waals surface area contributed by atoms with E-state index in [0.29, 0.717) is 29.5 Å². The maximum Gasteiger partial charge on any atom is 0.329 e. The molecule has 1 aromatic heterocycles. The van der Waals surface area contributed by atoms with Gasteiger partial charge in [-0.15, -0.1) is 0 Å². The molecule has 4 amide bonds. The van der Waals surface area contributed by atoms with Crippen molar-refractivity contribution in [3.8, 4) is 0 Å². The first-order chi connectivity index (χ1) is 14.4. The van der Waals surface area contributed by atoms with Crippen molar-refractivity contribution in [1.29, 1.82) is 0 Å². The van der Waals surface area contributed by atoms with Crippen molar-refractivity contribution in [2.24, 2.45) is 0 Å². The summed E-state index contributed by atoms with van der Waals surface area (Å²) in [6.07, 6.45) is 3.05. The van der Waals surface area contributed by atoms with Crippen LogP contribution >= 0.6 is 0 Å². The van der Waals surface area contributed by atoms with Crippen LogP contribution in [0.4, 0.5) is 29.6 Å². The van der Waals surface area contributed by atoms with Crippen molar-refractivity contribution in [3.63, 3.8) is 0 Å². The third kappa shape index (κ3) is 4.82. The first-order valence-corrected chi connectivity index (χ1v) is 8.93. The molecule has 1 saturated heterocycles. The molecule has 0 saturated carbocycles. The number of hydrogen-bond donors (Lipinski definition) is 3. The Morgan fingerprint density at radius 3 is 2.43 bits per heavy atom. The first-order valence-electron chi connectivity index (χ1n) is 8.93. The molecule has 0 spiro atoms. The van der Waals surface area contributed by atoms with Crippen LogP contribution in [0.15, 0.2) is 30.6 Å². The van der Waals surface area contributed by atoms with Gasteiger partial charge in [0, 0.05) is 44.0 Å². The second kappa shape index (κ2) is 9.20. The number of amides is 4. The van der Waals surface area contributed by atoms with Gasteiger partial charge in [-0.2, -0.15) is 0 Å². The number of benzene rings is 1. The summed E-state index contributed by atoms with van der Waals surface area (Å²) < 4.78 is 39.9. The lowest BCUT2D eigenvalue weighted by atomic mass is 10.1. The summed E-state index contributed by atoms with van der Waals surface area (Å²) >= 11 is 0. The summed E-state index contributed by atoms with van der Waals surface area (Å²) in [5.74, 6) is -5.48. The molecule has 0 bridgehead atoms. The molecule has 2 aromatic rings. The Hall–Kier alpha value is -3.70. The number of carbonyl (C=O) groups is 3. The highest BCUT2D eigenvalue weighted by Crippen LogP contribution is 2.25. The van der Waals surface area contributed by atoms with Crippen molar-refractivity contribution in [2.45, 2.75) is 18.9 Å². The average Bonchev–Trinajstić information content (AvgIpc) is 3.01. The first kappa shape index (κ1) is 21.0. The number of urea groups is 1. The highest BCUT2D eigenvalue weighted by molar-refractivity contribution is 6.21. The molecule has 158 valence electrons. The van der Waals surface area contributed by atoms with Gasteiger partial charge in [0.2, 0.25) is 11.9 Å². The molecule has 1 atom stereocenters. The molecule has 3 N–H and O–H groups in total. The number of nitrogens with one attached hydrogen (secondary N) is 3. The summed E-state index contributed by atoms with van der Waals surface area (Å²) in [5, 5.41) is 7.88. The summed E-state index contributed by atoms with van der Waals surface area (Å²) in [4.78, 5) is 44.8. The summed E-state index contributed by atoms with van der Waals surface area (Å²) in [6.45, 7) is 0.659. The zero-order valence-corrected chi connectivity index (χ0v) is 15.5. The maximum atomic E-state index is 13.4.